The molecular formula is C45H62N8O11. The van der Waals surface area contributed by atoms with Crippen LogP contribution in [-0.4, -0.2) is 115 Å². The molecule has 5 rings (SSSR count). The fourth-order valence-electron chi connectivity index (χ4n) is 7.48. The van der Waals surface area contributed by atoms with Crippen LogP contribution in [-0.2, 0) is 44.5 Å². The number of benzene rings is 2. The van der Waals surface area contributed by atoms with Crippen molar-refractivity contribution in [2.45, 2.75) is 115 Å². The van der Waals surface area contributed by atoms with Gasteiger partial charge in [-0.25, -0.2) is 19.2 Å². The fraction of sp³-hybridized carbons (Fsp3) is 0.533. The Balaban J connectivity index is 1.25. The Morgan fingerprint density at radius 2 is 1.34 bits per heavy atom. The molecule has 1 saturated carbocycles. The van der Waals surface area contributed by atoms with Gasteiger partial charge in [-0.1, -0.05) is 48.5 Å². The second-order valence-electron chi connectivity index (χ2n) is 17.9. The van der Waals surface area contributed by atoms with Crippen LogP contribution < -0.4 is 37.2 Å². The number of aromatic nitrogens is 1. The highest BCUT2D eigenvalue weighted by Gasteiger charge is 2.68. The minimum absolute atomic E-state index is 0.0243. The van der Waals surface area contributed by atoms with Gasteiger partial charge in [0.15, 0.2) is 0 Å². The summed E-state index contributed by atoms with van der Waals surface area (Å²) in [6, 6.07) is 12.5. The zero-order valence-corrected chi connectivity index (χ0v) is 37.5. The molecule has 1 aliphatic carbocycles. The summed E-state index contributed by atoms with van der Waals surface area (Å²) in [7, 11) is 1.21. The highest BCUT2D eigenvalue weighted by atomic mass is 16.6. The number of para-hydroxylation sites is 1. The van der Waals surface area contributed by atoms with Crippen LogP contribution in [0, 0.1) is 5.92 Å². The van der Waals surface area contributed by atoms with Gasteiger partial charge in [0, 0.05) is 55.6 Å². The number of aromatic amines is 1. The van der Waals surface area contributed by atoms with Crippen LogP contribution in [0.25, 0.3) is 10.9 Å². The Labute approximate surface area is 372 Å². The monoisotopic (exact) mass is 890 g/mol. The Kier molecular flexibility index (Phi) is 16.2. The maximum Gasteiger partial charge on any atom is 0.407 e. The minimum Gasteiger partial charge on any atom is -0.467 e. The van der Waals surface area contributed by atoms with Crippen LogP contribution in [0.1, 0.15) is 84.4 Å². The van der Waals surface area contributed by atoms with Crippen molar-refractivity contribution < 1.29 is 52.5 Å². The van der Waals surface area contributed by atoms with E-state index in [1.165, 1.54) is 7.11 Å². The van der Waals surface area contributed by atoms with Gasteiger partial charge in [-0.05, 0) is 84.4 Å². The molecule has 6 amide bonds. The SMILES string of the molecule is COC(=O)[C@H](CCCCNC(=O)OC(C)(C)C)NC(=O)[C@@H](Cc1c[nH]c2ccccc12)NC(=O)[C@@H](NC(=O)C12C[C@@H]1[C@@H](OC(=O)NCCNC(=O)OC(C)(C)C)CN2)c1ccccc1. The Bertz CT molecular complexity index is 2130. The molecule has 2 aromatic carbocycles. The van der Waals surface area contributed by atoms with Crippen LogP contribution in [0.15, 0.2) is 60.8 Å². The first-order chi connectivity index (χ1) is 30.3. The van der Waals surface area contributed by atoms with E-state index in [0.717, 1.165) is 16.5 Å². The van der Waals surface area contributed by atoms with E-state index < -0.39 is 82.9 Å². The number of H-pyrrole nitrogens is 1. The number of methoxy groups -OCH3 is 1. The number of alkyl carbamates (subject to hydrolysis) is 3. The van der Waals surface area contributed by atoms with Gasteiger partial charge in [0.05, 0.1) is 7.11 Å². The topological polar surface area (TPSA) is 256 Å². The van der Waals surface area contributed by atoms with Crippen LogP contribution in [0.5, 0.6) is 0 Å². The summed E-state index contributed by atoms with van der Waals surface area (Å²) in [4.78, 5) is 95.5. The van der Waals surface area contributed by atoms with Crippen molar-refractivity contribution in [3.05, 3.63) is 71.9 Å². The lowest BCUT2D eigenvalue weighted by molar-refractivity contribution is -0.145. The van der Waals surface area contributed by atoms with Crippen molar-refractivity contribution in [3.63, 3.8) is 0 Å². The normalized spacial score (nSPS) is 19.1. The summed E-state index contributed by atoms with van der Waals surface area (Å²) < 4.78 is 21.1. The summed E-state index contributed by atoms with van der Waals surface area (Å²) in [5, 5.41) is 20.4. The number of carbonyl (C=O) groups is 7. The number of esters is 1. The van der Waals surface area contributed by atoms with E-state index in [9.17, 15) is 33.6 Å². The van der Waals surface area contributed by atoms with Crippen molar-refractivity contribution in [1.82, 2.24) is 42.2 Å². The van der Waals surface area contributed by atoms with E-state index in [4.69, 9.17) is 18.9 Å². The lowest BCUT2D eigenvalue weighted by atomic mass is 10.0. The minimum atomic E-state index is -1.25. The molecule has 64 heavy (non-hydrogen) atoms. The van der Waals surface area contributed by atoms with E-state index >= 15 is 0 Å². The quantitative estimate of drug-likeness (QED) is 0.0490. The number of unbranched alkanes of at least 4 members (excludes halogenated alkanes) is 1. The van der Waals surface area contributed by atoms with Crippen molar-refractivity contribution in [2.24, 2.45) is 5.92 Å². The molecule has 1 aliphatic heterocycles. The second-order valence-corrected chi connectivity index (χ2v) is 17.9. The number of piperidine rings is 1. The Morgan fingerprint density at radius 3 is 1.98 bits per heavy atom. The number of hydrogen-bond donors (Lipinski definition) is 8. The molecule has 19 heteroatoms. The zero-order chi connectivity index (χ0) is 46.7. The third kappa shape index (κ3) is 13.8. The first-order valence-corrected chi connectivity index (χ1v) is 21.5. The number of carbonyl (C=O) groups excluding carboxylic acids is 7. The number of rotatable bonds is 19. The lowest BCUT2D eigenvalue weighted by Crippen LogP contribution is -2.55. The molecule has 348 valence electrons. The molecule has 0 radical (unpaired) electrons. The summed E-state index contributed by atoms with van der Waals surface area (Å²) in [5.41, 5.74) is -0.429. The first-order valence-electron chi connectivity index (χ1n) is 21.5. The Hall–Kier alpha value is -6.37. The zero-order valence-electron chi connectivity index (χ0n) is 37.5. The molecule has 0 bridgehead atoms. The van der Waals surface area contributed by atoms with Gasteiger partial charge in [0.1, 0.15) is 41.0 Å². The third-order valence-corrected chi connectivity index (χ3v) is 10.6. The van der Waals surface area contributed by atoms with Gasteiger partial charge < -0.3 is 55.8 Å². The summed E-state index contributed by atoms with van der Waals surface area (Å²) in [6.45, 7) is 11.2. The number of amides is 6. The average molecular weight is 891 g/mol. The smallest absolute Gasteiger partial charge is 0.407 e. The van der Waals surface area contributed by atoms with E-state index in [0.29, 0.717) is 24.8 Å². The molecule has 2 heterocycles. The number of nitrogens with one attached hydrogen (secondary N) is 8. The first kappa shape index (κ1) is 48.7. The number of fused-ring (bicyclic) bond motifs is 2. The number of hydrogen-bond acceptors (Lipinski definition) is 12. The maximum absolute atomic E-state index is 14.4. The molecule has 19 nitrogen and oxygen atoms in total. The molecule has 0 spiro atoms. The van der Waals surface area contributed by atoms with Crippen LogP contribution in [0.4, 0.5) is 14.4 Å². The van der Waals surface area contributed by atoms with Crippen LogP contribution >= 0.6 is 0 Å². The molecule has 1 aromatic heterocycles. The lowest BCUT2D eigenvalue weighted by Gasteiger charge is -2.26. The molecule has 1 unspecified atom stereocenters. The predicted molar refractivity (Wildman–Crippen MR) is 235 cm³/mol. The standard InChI is InChI=1S/C45H62N8O11/c1-43(2,3)63-41(59)46-20-14-13-19-32(38(56)61-7)51-36(54)33(23-28-25-49-31-18-12-11-17-29(28)31)52-37(55)35(27-15-9-8-10-16-27)53-39(57)45-24-30(45)34(26-50-45)62-40(58)47-21-22-48-42(60)64-44(4,5)6/h8-12,15-18,25,30,32-35,49-50H,13-14,19-24,26H2,1-7H3,(H,46,59)(H,47,58)(H,48,60)(H,51,54)(H,52,55)(H,53,57)/t30-,32+,33-,34+,35+,45?/m1/s1. The second kappa shape index (κ2) is 21.3. The molecule has 1 saturated heterocycles. The van der Waals surface area contributed by atoms with E-state index in [-0.39, 0.29) is 44.9 Å². The molecule has 2 fully saturated rings. The Morgan fingerprint density at radius 1 is 0.734 bits per heavy atom. The van der Waals surface area contributed by atoms with Crippen LogP contribution in [0.3, 0.4) is 0 Å². The maximum atomic E-state index is 14.4. The van der Waals surface area contributed by atoms with E-state index in [1.54, 1.807) is 78.1 Å². The van der Waals surface area contributed by atoms with Crippen LogP contribution in [0.2, 0.25) is 0 Å². The highest BCUT2D eigenvalue weighted by Crippen LogP contribution is 2.51. The van der Waals surface area contributed by atoms with Gasteiger partial charge in [-0.3, -0.25) is 19.7 Å². The van der Waals surface area contributed by atoms with Gasteiger partial charge in [0.25, 0.3) is 0 Å². The van der Waals surface area contributed by atoms with Crippen molar-refractivity contribution in [2.75, 3.05) is 33.3 Å². The van der Waals surface area contributed by atoms with E-state index in [2.05, 4.69) is 42.2 Å². The van der Waals surface area contributed by atoms with Crippen molar-refractivity contribution in [3.8, 4) is 0 Å². The van der Waals surface area contributed by atoms with Crippen molar-refractivity contribution >= 4 is 52.9 Å². The predicted octanol–water partition coefficient (Wildman–Crippen LogP) is 3.39. The molecule has 6 atom stereocenters. The summed E-state index contributed by atoms with van der Waals surface area (Å²) >= 11 is 0. The molecule has 3 aromatic rings. The largest absolute Gasteiger partial charge is 0.467 e. The van der Waals surface area contributed by atoms with Gasteiger partial charge in [-0.15, -0.1) is 0 Å². The molecule has 2 aliphatic rings. The molecular weight excluding hydrogens is 829 g/mol. The summed E-state index contributed by atoms with van der Waals surface area (Å²) in [6.07, 6.45) is 0.668. The highest BCUT2D eigenvalue weighted by molar-refractivity contribution is 5.98. The fourth-order valence-corrected chi connectivity index (χ4v) is 7.48. The van der Waals surface area contributed by atoms with Gasteiger partial charge in [0.2, 0.25) is 17.7 Å². The summed E-state index contributed by atoms with van der Waals surface area (Å²) in [5.74, 6) is -2.88. The average Bonchev–Trinajstić information content (AvgIpc) is 3.68. The number of ether oxygens (including phenoxy) is 4. The third-order valence-electron chi connectivity index (χ3n) is 10.6. The van der Waals surface area contributed by atoms with Gasteiger partial charge >= 0.3 is 24.2 Å². The van der Waals surface area contributed by atoms with Gasteiger partial charge in [-0.2, -0.15) is 0 Å². The molecule has 8 N–H and O–H groups in total. The van der Waals surface area contributed by atoms with Crippen molar-refractivity contribution in [1.29, 1.82) is 0 Å². The van der Waals surface area contributed by atoms with E-state index in [1.807, 2.05) is 24.3 Å².